The molecule has 1 aromatic carbocycles. The second kappa shape index (κ2) is 9.34. The lowest BCUT2D eigenvalue weighted by atomic mass is 10.2. The molecule has 0 spiro atoms. The monoisotopic (exact) mass is 389 g/mol. The maximum absolute atomic E-state index is 12.3. The molecule has 3 rings (SSSR count). The molecule has 1 atom stereocenters. The van der Waals surface area contributed by atoms with Crippen molar-refractivity contribution in [2.75, 3.05) is 13.1 Å². The number of hydrogen-bond donors (Lipinski definition) is 2. The SMILES string of the molecule is CCC[NH+](CC(=O)NCc1cccc(Cl)c1)Cc1nnc(-c2ccco2)o1. The molecule has 0 saturated heterocycles. The number of aromatic nitrogens is 2. The maximum Gasteiger partial charge on any atom is 0.283 e. The van der Waals surface area contributed by atoms with E-state index in [2.05, 4.69) is 22.4 Å². The van der Waals surface area contributed by atoms with Crippen LogP contribution in [-0.4, -0.2) is 29.2 Å². The Bertz CT molecular complexity index is 863. The summed E-state index contributed by atoms with van der Waals surface area (Å²) in [6, 6.07) is 11.0. The van der Waals surface area contributed by atoms with Gasteiger partial charge in [0.05, 0.1) is 12.8 Å². The van der Waals surface area contributed by atoms with Crippen LogP contribution in [-0.2, 0) is 17.9 Å². The lowest BCUT2D eigenvalue weighted by molar-refractivity contribution is -0.907. The minimum atomic E-state index is -0.0378. The summed E-state index contributed by atoms with van der Waals surface area (Å²) < 4.78 is 10.9. The van der Waals surface area contributed by atoms with Crippen molar-refractivity contribution in [1.82, 2.24) is 15.5 Å². The number of rotatable bonds is 9. The minimum absolute atomic E-state index is 0.0378. The van der Waals surface area contributed by atoms with Crippen molar-refractivity contribution in [2.24, 2.45) is 0 Å². The van der Waals surface area contributed by atoms with Gasteiger partial charge >= 0.3 is 0 Å². The van der Waals surface area contributed by atoms with Crippen molar-refractivity contribution in [1.29, 1.82) is 0 Å². The highest BCUT2D eigenvalue weighted by molar-refractivity contribution is 6.30. The van der Waals surface area contributed by atoms with Gasteiger partial charge < -0.3 is 19.1 Å². The molecule has 2 aromatic heterocycles. The second-order valence-corrected chi connectivity index (χ2v) is 6.67. The van der Waals surface area contributed by atoms with E-state index in [1.54, 1.807) is 24.5 Å². The van der Waals surface area contributed by atoms with Crippen molar-refractivity contribution in [2.45, 2.75) is 26.4 Å². The maximum atomic E-state index is 12.3. The first-order valence-corrected chi connectivity index (χ1v) is 9.23. The number of nitrogens with one attached hydrogen (secondary N) is 2. The standard InChI is InChI=1S/C19H21ClN4O3/c1-2-8-24(12-17(25)21-11-14-5-3-6-15(20)10-14)13-18-22-23-19(27-18)16-7-4-9-26-16/h3-7,9-10H,2,8,11-13H2,1H3,(H,21,25)/p+1. The highest BCUT2D eigenvalue weighted by Crippen LogP contribution is 2.17. The van der Waals surface area contributed by atoms with Crippen molar-refractivity contribution >= 4 is 17.5 Å². The molecule has 3 aromatic rings. The molecule has 1 amide bonds. The quantitative estimate of drug-likeness (QED) is 0.585. The minimum Gasteiger partial charge on any atom is -0.459 e. The van der Waals surface area contributed by atoms with Gasteiger partial charge in [0.1, 0.15) is 0 Å². The number of halogens is 1. The van der Waals surface area contributed by atoms with Crippen LogP contribution in [0.5, 0.6) is 0 Å². The van der Waals surface area contributed by atoms with E-state index in [1.165, 1.54) is 0 Å². The van der Waals surface area contributed by atoms with Crippen LogP contribution in [0.15, 0.2) is 51.5 Å². The van der Waals surface area contributed by atoms with Crippen LogP contribution in [0.25, 0.3) is 11.7 Å². The zero-order valence-electron chi connectivity index (χ0n) is 15.1. The lowest BCUT2D eigenvalue weighted by Gasteiger charge is -2.16. The molecule has 0 aliphatic heterocycles. The summed E-state index contributed by atoms with van der Waals surface area (Å²) in [4.78, 5) is 13.4. The van der Waals surface area contributed by atoms with E-state index < -0.39 is 0 Å². The molecular weight excluding hydrogens is 368 g/mol. The molecule has 0 fully saturated rings. The van der Waals surface area contributed by atoms with Crippen molar-refractivity contribution in [3.05, 3.63) is 59.1 Å². The number of carbonyl (C=O) groups is 1. The van der Waals surface area contributed by atoms with Crippen LogP contribution in [0, 0.1) is 0 Å². The summed E-state index contributed by atoms with van der Waals surface area (Å²) in [5, 5.41) is 11.6. The number of benzene rings is 1. The van der Waals surface area contributed by atoms with Crippen LogP contribution >= 0.6 is 11.6 Å². The highest BCUT2D eigenvalue weighted by Gasteiger charge is 2.19. The van der Waals surface area contributed by atoms with Gasteiger partial charge in [0, 0.05) is 11.6 Å². The Hall–Kier alpha value is -2.64. The van der Waals surface area contributed by atoms with E-state index in [1.807, 2.05) is 18.2 Å². The summed E-state index contributed by atoms with van der Waals surface area (Å²) in [5.41, 5.74) is 0.966. The molecule has 0 radical (unpaired) electrons. The molecule has 0 aliphatic carbocycles. The van der Waals surface area contributed by atoms with Crippen LogP contribution in [0.1, 0.15) is 24.8 Å². The average Bonchev–Trinajstić information content (AvgIpc) is 3.32. The highest BCUT2D eigenvalue weighted by atomic mass is 35.5. The van der Waals surface area contributed by atoms with Gasteiger partial charge in [0.25, 0.3) is 17.7 Å². The van der Waals surface area contributed by atoms with Crippen LogP contribution in [0.4, 0.5) is 0 Å². The van der Waals surface area contributed by atoms with Gasteiger partial charge in [0.15, 0.2) is 18.8 Å². The fraction of sp³-hybridized carbons (Fsp3) is 0.316. The van der Waals surface area contributed by atoms with Crippen molar-refractivity contribution in [3.8, 4) is 11.7 Å². The Kier molecular flexibility index (Phi) is 6.62. The van der Waals surface area contributed by atoms with Gasteiger partial charge in [-0.3, -0.25) is 4.79 Å². The van der Waals surface area contributed by atoms with Crippen LogP contribution in [0.2, 0.25) is 5.02 Å². The molecule has 7 nitrogen and oxygen atoms in total. The number of hydrogen-bond acceptors (Lipinski definition) is 5. The smallest absolute Gasteiger partial charge is 0.283 e. The summed E-state index contributed by atoms with van der Waals surface area (Å²) in [6.07, 6.45) is 2.49. The Morgan fingerprint density at radius 3 is 2.89 bits per heavy atom. The van der Waals surface area contributed by atoms with E-state index in [-0.39, 0.29) is 5.91 Å². The molecule has 1 unspecified atom stereocenters. The van der Waals surface area contributed by atoms with E-state index in [0.29, 0.717) is 42.2 Å². The summed E-state index contributed by atoms with van der Waals surface area (Å²) >= 11 is 5.97. The summed E-state index contributed by atoms with van der Waals surface area (Å²) in [7, 11) is 0. The van der Waals surface area contributed by atoms with Crippen molar-refractivity contribution in [3.63, 3.8) is 0 Å². The second-order valence-electron chi connectivity index (χ2n) is 6.24. The molecule has 27 heavy (non-hydrogen) atoms. The van der Waals surface area contributed by atoms with Gasteiger partial charge in [0.2, 0.25) is 0 Å². The van der Waals surface area contributed by atoms with Gasteiger partial charge in [-0.05, 0) is 36.2 Å². The van der Waals surface area contributed by atoms with Gasteiger partial charge in [-0.15, -0.1) is 10.2 Å². The Balaban J connectivity index is 1.54. The van der Waals surface area contributed by atoms with E-state index in [9.17, 15) is 4.79 Å². The molecule has 0 bridgehead atoms. The first-order valence-electron chi connectivity index (χ1n) is 8.85. The summed E-state index contributed by atoms with van der Waals surface area (Å²) in [6.45, 7) is 4.15. The van der Waals surface area contributed by atoms with Crippen LogP contribution < -0.4 is 10.2 Å². The lowest BCUT2D eigenvalue weighted by Crippen LogP contribution is -3.12. The zero-order chi connectivity index (χ0) is 19.1. The molecule has 0 aliphatic rings. The number of carbonyl (C=O) groups excluding carboxylic acids is 1. The number of nitrogens with zero attached hydrogens (tertiary/aromatic N) is 2. The molecule has 2 N–H and O–H groups in total. The fourth-order valence-corrected chi connectivity index (χ4v) is 2.98. The average molecular weight is 390 g/mol. The summed E-state index contributed by atoms with van der Waals surface area (Å²) in [5.74, 6) is 1.32. The zero-order valence-corrected chi connectivity index (χ0v) is 15.8. The first kappa shape index (κ1) is 19.1. The molecular formula is C19H22ClN4O3+. The van der Waals surface area contributed by atoms with Gasteiger partial charge in [-0.2, -0.15) is 0 Å². The molecule has 8 heteroatoms. The third-order valence-electron chi connectivity index (χ3n) is 3.99. The van der Waals surface area contributed by atoms with Crippen molar-refractivity contribution < 1.29 is 18.5 Å². The van der Waals surface area contributed by atoms with Crippen LogP contribution in [0.3, 0.4) is 0 Å². The number of quaternary nitrogens is 1. The Morgan fingerprint density at radius 1 is 1.26 bits per heavy atom. The predicted molar refractivity (Wildman–Crippen MR) is 100.0 cm³/mol. The largest absolute Gasteiger partial charge is 0.459 e. The Labute approximate surface area is 162 Å². The molecule has 2 heterocycles. The van der Waals surface area contributed by atoms with Gasteiger partial charge in [-0.1, -0.05) is 30.7 Å². The number of amides is 1. The van der Waals surface area contributed by atoms with E-state index in [0.717, 1.165) is 23.4 Å². The Morgan fingerprint density at radius 2 is 2.15 bits per heavy atom. The number of furan rings is 1. The predicted octanol–water partition coefficient (Wildman–Crippen LogP) is 2.09. The normalized spacial score (nSPS) is 12.1. The molecule has 0 saturated carbocycles. The van der Waals surface area contributed by atoms with E-state index in [4.69, 9.17) is 20.4 Å². The molecule has 142 valence electrons. The first-order chi connectivity index (χ1) is 13.1. The topological polar surface area (TPSA) is 85.6 Å². The van der Waals surface area contributed by atoms with Gasteiger partial charge in [-0.25, -0.2) is 0 Å². The van der Waals surface area contributed by atoms with E-state index >= 15 is 0 Å². The fourth-order valence-electron chi connectivity index (χ4n) is 2.77. The third-order valence-corrected chi connectivity index (χ3v) is 4.23. The third kappa shape index (κ3) is 5.67.